The van der Waals surface area contributed by atoms with Crippen LogP contribution in [-0.4, -0.2) is 47.4 Å². The van der Waals surface area contributed by atoms with Gasteiger partial charge in [-0.2, -0.15) is 0 Å². The van der Waals surface area contributed by atoms with Crippen molar-refractivity contribution in [2.45, 2.75) is 95.7 Å². The fourth-order valence-electron chi connectivity index (χ4n) is 6.48. The van der Waals surface area contributed by atoms with Crippen molar-refractivity contribution in [1.29, 1.82) is 0 Å². The quantitative estimate of drug-likeness (QED) is 0.532. The van der Waals surface area contributed by atoms with E-state index in [0.717, 1.165) is 24.3 Å². The van der Waals surface area contributed by atoms with Crippen molar-refractivity contribution >= 4 is 28.3 Å². The van der Waals surface area contributed by atoms with Crippen LogP contribution >= 0.6 is 11.3 Å². The number of nitrogens with one attached hydrogen (secondary N) is 2. The van der Waals surface area contributed by atoms with Gasteiger partial charge < -0.3 is 16.4 Å². The van der Waals surface area contributed by atoms with Crippen molar-refractivity contribution in [2.24, 2.45) is 17.8 Å². The number of likely N-dealkylation sites (tertiary alicyclic amines) is 1. The number of thiazole rings is 1. The largest absolute Gasteiger partial charge is 0.375 e. The Morgan fingerprint density at radius 3 is 2.21 bits per heavy atom. The third kappa shape index (κ3) is 6.27. The van der Waals surface area contributed by atoms with Crippen LogP contribution in [0.4, 0.5) is 5.13 Å². The van der Waals surface area contributed by atoms with Crippen LogP contribution in [0.25, 0.3) is 0 Å². The molecule has 2 saturated carbocycles. The highest BCUT2D eigenvalue weighted by Crippen LogP contribution is 2.42. The highest BCUT2D eigenvalue weighted by molar-refractivity contribution is 7.15. The molecule has 4 N–H and O–H groups in total. The number of hydrogen-bond acceptors (Lipinski definition) is 6. The first kappa shape index (κ1) is 24.5. The van der Waals surface area contributed by atoms with E-state index in [1.165, 1.54) is 75.5 Å². The summed E-state index contributed by atoms with van der Waals surface area (Å²) in [6.45, 7) is 1.35. The number of carbonyl (C=O) groups excluding carboxylic acids is 2. The Labute approximate surface area is 202 Å². The lowest BCUT2D eigenvalue weighted by atomic mass is 9.66. The highest BCUT2D eigenvalue weighted by atomic mass is 32.1. The summed E-state index contributed by atoms with van der Waals surface area (Å²) >= 11 is 1.40. The zero-order valence-corrected chi connectivity index (χ0v) is 20.9. The van der Waals surface area contributed by atoms with Crippen LogP contribution in [0.1, 0.15) is 81.9 Å². The normalized spacial score (nSPS) is 24.1. The summed E-state index contributed by atoms with van der Waals surface area (Å²) in [4.78, 5) is 34.2. The Hall–Kier alpha value is -1.67. The van der Waals surface area contributed by atoms with Crippen molar-refractivity contribution < 1.29 is 9.59 Å². The van der Waals surface area contributed by atoms with Crippen LogP contribution in [-0.2, 0) is 16.1 Å². The molecule has 2 atom stereocenters. The first-order valence-corrected chi connectivity index (χ1v) is 13.8. The van der Waals surface area contributed by atoms with E-state index in [-0.39, 0.29) is 23.8 Å². The first-order valence-electron chi connectivity index (χ1n) is 13.0. The predicted molar refractivity (Wildman–Crippen MR) is 133 cm³/mol. The molecular formula is C25H41N5O2S. The van der Waals surface area contributed by atoms with E-state index in [4.69, 9.17) is 5.73 Å². The van der Waals surface area contributed by atoms with Crippen LogP contribution in [0.5, 0.6) is 0 Å². The summed E-state index contributed by atoms with van der Waals surface area (Å²) in [5, 5.41) is 6.93. The SMILES string of the molecule is CN1CCCC1C(=O)N[C@@H](C(=O)NCc1cnc(N)s1)C(C1CCCCC1)C1CCCCC1. The Morgan fingerprint density at radius 1 is 1.06 bits per heavy atom. The van der Waals surface area contributed by atoms with Gasteiger partial charge in [-0.25, -0.2) is 4.98 Å². The van der Waals surface area contributed by atoms with E-state index >= 15 is 0 Å². The van der Waals surface area contributed by atoms with Gasteiger partial charge >= 0.3 is 0 Å². The first-order chi connectivity index (χ1) is 16.0. The minimum absolute atomic E-state index is 0.0220. The van der Waals surface area contributed by atoms with E-state index in [1.54, 1.807) is 6.20 Å². The molecular weight excluding hydrogens is 434 g/mol. The van der Waals surface area contributed by atoms with Crippen molar-refractivity contribution in [1.82, 2.24) is 20.5 Å². The average molecular weight is 476 g/mol. The summed E-state index contributed by atoms with van der Waals surface area (Å²) in [5.41, 5.74) is 5.77. The zero-order valence-electron chi connectivity index (χ0n) is 20.1. The van der Waals surface area contributed by atoms with E-state index in [2.05, 4.69) is 20.5 Å². The monoisotopic (exact) mass is 475 g/mol. The standard InChI is InChI=1S/C25H41N5O2S/c1-30-14-8-13-20(30)23(31)29-22(24(32)27-15-19-16-28-25(26)33-19)21(17-9-4-2-5-10-17)18-11-6-3-7-12-18/h16-18,20-22H,2-15H2,1H3,(H2,26,28)(H,27,32)(H,29,31)/t20?,22-/m1/s1. The van der Waals surface area contributed by atoms with Gasteiger partial charge in [0.25, 0.3) is 0 Å². The van der Waals surface area contributed by atoms with Crippen LogP contribution in [0, 0.1) is 17.8 Å². The number of anilines is 1. The Morgan fingerprint density at radius 2 is 1.70 bits per heavy atom. The van der Waals surface area contributed by atoms with Crippen molar-refractivity contribution in [2.75, 3.05) is 19.3 Å². The number of rotatable bonds is 8. The molecule has 2 aliphatic carbocycles. The van der Waals surface area contributed by atoms with Gasteiger partial charge in [0.05, 0.1) is 12.6 Å². The molecule has 0 bridgehead atoms. The lowest BCUT2D eigenvalue weighted by molar-refractivity contribution is -0.134. The van der Waals surface area contributed by atoms with Gasteiger partial charge in [0.1, 0.15) is 6.04 Å². The molecule has 4 rings (SSSR count). The fourth-order valence-corrected chi connectivity index (χ4v) is 7.11. The molecule has 0 spiro atoms. The van der Waals surface area contributed by atoms with Crippen molar-refractivity contribution in [3.05, 3.63) is 11.1 Å². The molecule has 7 nitrogen and oxygen atoms in total. The van der Waals surface area contributed by atoms with Gasteiger partial charge in [0.2, 0.25) is 11.8 Å². The van der Waals surface area contributed by atoms with Crippen LogP contribution in [0.3, 0.4) is 0 Å². The maximum absolute atomic E-state index is 13.7. The smallest absolute Gasteiger partial charge is 0.243 e. The zero-order chi connectivity index (χ0) is 23.2. The van der Waals surface area contributed by atoms with E-state index in [0.29, 0.717) is 23.5 Å². The molecule has 2 heterocycles. The minimum atomic E-state index is -0.469. The number of likely N-dealkylation sites (N-methyl/N-ethyl adjacent to an activating group) is 1. The Bertz CT molecular complexity index is 770. The van der Waals surface area contributed by atoms with Gasteiger partial charge in [0.15, 0.2) is 5.13 Å². The number of hydrogen-bond donors (Lipinski definition) is 3. The second-order valence-electron chi connectivity index (χ2n) is 10.4. The van der Waals surface area contributed by atoms with Crippen LogP contribution in [0.2, 0.25) is 0 Å². The Balaban J connectivity index is 1.55. The van der Waals surface area contributed by atoms with Crippen LogP contribution < -0.4 is 16.4 Å². The van der Waals surface area contributed by atoms with E-state index < -0.39 is 6.04 Å². The number of amides is 2. The molecule has 3 fully saturated rings. The number of aromatic nitrogens is 1. The summed E-state index contributed by atoms with van der Waals surface area (Å²) < 4.78 is 0. The van der Waals surface area contributed by atoms with Gasteiger partial charge in [-0.1, -0.05) is 64.2 Å². The van der Waals surface area contributed by atoms with Crippen molar-refractivity contribution in [3.8, 4) is 0 Å². The second kappa shape index (κ2) is 11.6. The Kier molecular flexibility index (Phi) is 8.63. The molecule has 1 aromatic heterocycles. The summed E-state index contributed by atoms with van der Waals surface area (Å²) in [6.07, 6.45) is 15.9. The van der Waals surface area contributed by atoms with Crippen LogP contribution in [0.15, 0.2) is 6.20 Å². The lowest BCUT2D eigenvalue weighted by Crippen LogP contribution is -2.57. The summed E-state index contributed by atoms with van der Waals surface area (Å²) in [5.74, 6) is 1.22. The third-order valence-electron chi connectivity index (χ3n) is 8.18. The number of carbonyl (C=O) groups is 2. The predicted octanol–water partition coefficient (Wildman–Crippen LogP) is 3.70. The van der Waals surface area contributed by atoms with Gasteiger partial charge in [-0.3, -0.25) is 14.5 Å². The molecule has 3 aliphatic rings. The van der Waals surface area contributed by atoms with E-state index in [1.807, 2.05) is 7.05 Å². The molecule has 1 aliphatic heterocycles. The maximum atomic E-state index is 13.7. The molecule has 1 aromatic rings. The topological polar surface area (TPSA) is 100 Å². The third-order valence-corrected chi connectivity index (χ3v) is 9.01. The molecule has 33 heavy (non-hydrogen) atoms. The molecule has 1 saturated heterocycles. The lowest BCUT2D eigenvalue weighted by Gasteiger charge is -2.42. The second-order valence-corrected chi connectivity index (χ2v) is 11.5. The van der Waals surface area contributed by atoms with Crippen molar-refractivity contribution in [3.63, 3.8) is 0 Å². The summed E-state index contributed by atoms with van der Waals surface area (Å²) in [6, 6.07) is -0.595. The fraction of sp³-hybridized carbons (Fsp3) is 0.800. The minimum Gasteiger partial charge on any atom is -0.375 e. The van der Waals surface area contributed by atoms with Gasteiger partial charge in [-0.05, 0) is 44.2 Å². The number of nitrogens with zero attached hydrogens (tertiary/aromatic N) is 2. The van der Waals surface area contributed by atoms with Gasteiger partial charge in [0, 0.05) is 11.1 Å². The average Bonchev–Trinajstić information content (AvgIpc) is 3.46. The van der Waals surface area contributed by atoms with E-state index in [9.17, 15) is 9.59 Å². The highest BCUT2D eigenvalue weighted by Gasteiger charge is 2.42. The molecule has 8 heteroatoms. The number of nitrogen functional groups attached to an aromatic ring is 1. The molecule has 1 unspecified atom stereocenters. The maximum Gasteiger partial charge on any atom is 0.243 e. The molecule has 0 radical (unpaired) electrons. The summed E-state index contributed by atoms with van der Waals surface area (Å²) in [7, 11) is 2.01. The molecule has 184 valence electrons. The molecule has 0 aromatic carbocycles. The number of nitrogens with two attached hydrogens (primary N) is 1. The molecule has 2 amide bonds. The van der Waals surface area contributed by atoms with Gasteiger partial charge in [-0.15, -0.1) is 11.3 Å².